The third-order valence-corrected chi connectivity index (χ3v) is 0. The van der Waals surface area contributed by atoms with Crippen molar-refractivity contribution in [3.05, 3.63) is 0 Å². The van der Waals surface area contributed by atoms with E-state index in [9.17, 15) is 4.57 Å². The molecule has 0 aliphatic carbocycles. The molecule has 0 rings (SSSR count). The summed E-state index contributed by atoms with van der Waals surface area (Å²) in [5.41, 5.74) is 0. The van der Waals surface area contributed by atoms with Gasteiger partial charge < -0.3 is 9.46 Å². The second-order valence-electron chi connectivity index (χ2n) is 4.57. The summed E-state index contributed by atoms with van der Waals surface area (Å²) in [5.74, 6) is 0. The molecule has 0 fully saturated rings. The van der Waals surface area contributed by atoms with Gasteiger partial charge in [0.2, 0.25) is 0 Å². The summed E-state index contributed by atoms with van der Waals surface area (Å²) in [6.07, 6.45) is 0. The fraction of sp³-hybridized carbons (Fsp3) is 1.00. The topological polar surface area (TPSA) is 20.3 Å². The molecule has 0 aliphatic heterocycles. The van der Waals surface area contributed by atoms with Gasteiger partial charge in [0, 0.05) is 0 Å². The van der Waals surface area contributed by atoms with Crippen LogP contribution in [0.15, 0.2) is 0 Å². The summed E-state index contributed by atoms with van der Waals surface area (Å²) >= 11 is 0. The van der Waals surface area contributed by atoms with Crippen molar-refractivity contribution in [1.29, 1.82) is 0 Å². The van der Waals surface area contributed by atoms with Gasteiger partial charge in [-0.15, -0.1) is 7.92 Å². The lowest BCUT2D eigenvalue weighted by Gasteiger charge is -1.90. The molecule has 0 radical (unpaired) electrons. The Hall–Kier alpha value is 0.620. The minimum atomic E-state index is -1.64. The maximum Gasteiger partial charge on any atom is 0.0790 e. The van der Waals surface area contributed by atoms with Gasteiger partial charge in [0.1, 0.15) is 0 Å². The molecule has 2 nitrogen and oxygen atoms in total. The van der Waals surface area contributed by atoms with Crippen LogP contribution < -0.4 is 0 Å². The molecule has 0 aromatic rings. The highest BCUT2D eigenvalue weighted by atomic mass is 31.2. The molecule has 0 aromatic heterocycles. The zero-order chi connectivity index (χ0) is 11.7. The smallest absolute Gasteiger partial charge is 0.0790 e. The summed E-state index contributed by atoms with van der Waals surface area (Å²) in [6.45, 7) is 11.9. The Morgan fingerprint density at radius 3 is 0.923 bits per heavy atom. The highest BCUT2D eigenvalue weighted by Gasteiger charge is 1.89. The van der Waals surface area contributed by atoms with E-state index in [1.807, 2.05) is 26.0 Å². The zero-order valence-electron chi connectivity index (χ0n) is 10.7. The van der Waals surface area contributed by atoms with Crippen LogP contribution in [-0.2, 0) is 4.57 Å². The summed E-state index contributed by atoms with van der Waals surface area (Å²) in [7, 11) is 4.74. The molecule has 0 unspecified atom stereocenters. The van der Waals surface area contributed by atoms with Crippen LogP contribution >= 0.6 is 15.1 Å². The van der Waals surface area contributed by atoms with E-state index < -0.39 is 7.14 Å². The molecule has 0 aromatic carbocycles. The summed E-state index contributed by atoms with van der Waals surface area (Å²) in [5, 5.41) is 0. The van der Waals surface area contributed by atoms with Gasteiger partial charge in [-0.05, 0) is 61.1 Å². The van der Waals surface area contributed by atoms with Gasteiger partial charge in [-0.25, -0.2) is 0 Å². The van der Waals surface area contributed by atoms with Crippen molar-refractivity contribution >= 4 is 15.1 Å². The fourth-order valence-electron chi connectivity index (χ4n) is 0. The monoisotopic (exact) mass is 227 g/mol. The SMILES string of the molecule is CN(C)C.CP(C)(C)=O.CP(C)C. The predicted molar refractivity (Wildman–Crippen MR) is 69.7 cm³/mol. The Morgan fingerprint density at radius 1 is 0.923 bits per heavy atom. The third kappa shape index (κ3) is 3700. The number of nitrogens with zero attached hydrogens (tertiary/aromatic N) is 1. The molecule has 13 heavy (non-hydrogen) atoms. The van der Waals surface area contributed by atoms with E-state index >= 15 is 0 Å². The van der Waals surface area contributed by atoms with E-state index in [2.05, 4.69) is 20.0 Å². The minimum Gasteiger partial charge on any atom is -0.324 e. The summed E-state index contributed by atoms with van der Waals surface area (Å²) < 4.78 is 10.2. The molecular weight excluding hydrogens is 200 g/mol. The number of hydrogen-bond acceptors (Lipinski definition) is 2. The number of hydrogen-bond donors (Lipinski definition) is 0. The molecule has 0 saturated carbocycles. The van der Waals surface area contributed by atoms with E-state index in [-0.39, 0.29) is 0 Å². The van der Waals surface area contributed by atoms with Crippen LogP contribution in [0.1, 0.15) is 0 Å². The van der Waals surface area contributed by atoms with Gasteiger partial charge >= 0.3 is 0 Å². The molecule has 0 N–H and O–H groups in total. The molecule has 0 atom stereocenters. The zero-order valence-corrected chi connectivity index (χ0v) is 12.5. The second-order valence-corrected chi connectivity index (χ2v) is 11.0. The van der Waals surface area contributed by atoms with E-state index in [1.165, 1.54) is 0 Å². The van der Waals surface area contributed by atoms with Gasteiger partial charge in [-0.2, -0.15) is 0 Å². The Balaban J connectivity index is -0.000000117. The maximum atomic E-state index is 10.2. The van der Waals surface area contributed by atoms with Gasteiger partial charge in [0.15, 0.2) is 0 Å². The summed E-state index contributed by atoms with van der Waals surface area (Å²) in [4.78, 5) is 2.00. The highest BCUT2D eigenvalue weighted by Crippen LogP contribution is 2.28. The molecule has 0 amide bonds. The van der Waals surface area contributed by atoms with Crippen LogP contribution in [0.5, 0.6) is 0 Å². The summed E-state index contributed by atoms with van der Waals surface area (Å²) in [6, 6.07) is 0. The Kier molecular flexibility index (Phi) is 15.8. The van der Waals surface area contributed by atoms with Crippen molar-refractivity contribution in [3.8, 4) is 0 Å². The first-order valence-corrected chi connectivity index (χ1v) is 9.94. The molecule has 4 heteroatoms. The van der Waals surface area contributed by atoms with E-state index in [0.29, 0.717) is 7.92 Å². The van der Waals surface area contributed by atoms with Gasteiger partial charge in [0.25, 0.3) is 0 Å². The standard InChI is InChI=1S/C3H9N.C3H9OP.C3H9P/c1-4(2)3;1-5(2,3)4;1-4(2)3/h1-3H3;1-3H3;1-3H3. The third-order valence-electron chi connectivity index (χ3n) is 0. The lowest BCUT2D eigenvalue weighted by molar-refractivity contribution is 0.505. The van der Waals surface area contributed by atoms with Crippen molar-refractivity contribution in [2.75, 3.05) is 61.1 Å². The molecule has 0 heterocycles. The first-order chi connectivity index (χ1) is 5.46. The first kappa shape index (κ1) is 19.2. The van der Waals surface area contributed by atoms with Crippen molar-refractivity contribution in [2.45, 2.75) is 0 Å². The average Bonchev–Trinajstić information content (AvgIpc) is 1.50. The number of rotatable bonds is 0. The highest BCUT2D eigenvalue weighted by molar-refractivity contribution is 7.61. The Bertz CT molecular complexity index is 110. The molecule has 84 valence electrons. The fourth-order valence-corrected chi connectivity index (χ4v) is 0. The quantitative estimate of drug-likeness (QED) is 0.593. The Labute approximate surface area is 86.2 Å². The van der Waals surface area contributed by atoms with Gasteiger partial charge in [-0.1, -0.05) is 0 Å². The molecule has 0 aliphatic rings. The lowest BCUT2D eigenvalue weighted by Crippen LogP contribution is -1.99. The lowest BCUT2D eigenvalue weighted by atomic mass is 11.0. The van der Waals surface area contributed by atoms with Crippen LogP contribution in [-0.4, -0.2) is 66.0 Å². The second kappa shape index (κ2) is 10.7. The van der Waals surface area contributed by atoms with Crippen LogP contribution in [0.2, 0.25) is 0 Å². The van der Waals surface area contributed by atoms with Crippen molar-refractivity contribution in [2.24, 2.45) is 0 Å². The normalized spacial score (nSPS) is 10.1. The van der Waals surface area contributed by atoms with Crippen LogP contribution in [0.25, 0.3) is 0 Å². The molecule has 0 spiro atoms. The van der Waals surface area contributed by atoms with Crippen LogP contribution in [0, 0.1) is 0 Å². The van der Waals surface area contributed by atoms with Crippen LogP contribution in [0.4, 0.5) is 0 Å². The van der Waals surface area contributed by atoms with Crippen molar-refractivity contribution in [1.82, 2.24) is 4.90 Å². The maximum absolute atomic E-state index is 10.2. The first-order valence-electron chi connectivity index (χ1n) is 4.21. The van der Waals surface area contributed by atoms with Crippen LogP contribution in [0.3, 0.4) is 0 Å². The predicted octanol–water partition coefficient (Wildman–Crippen LogP) is 2.77. The minimum absolute atomic E-state index is 0.380. The molecule has 0 bridgehead atoms. The van der Waals surface area contributed by atoms with E-state index in [0.717, 1.165) is 0 Å². The van der Waals surface area contributed by atoms with E-state index in [4.69, 9.17) is 0 Å². The van der Waals surface area contributed by atoms with Gasteiger partial charge in [0.05, 0.1) is 7.14 Å². The largest absolute Gasteiger partial charge is 0.324 e. The van der Waals surface area contributed by atoms with Crippen molar-refractivity contribution in [3.63, 3.8) is 0 Å². The van der Waals surface area contributed by atoms with Gasteiger partial charge in [-0.3, -0.25) is 0 Å². The Morgan fingerprint density at radius 2 is 0.923 bits per heavy atom. The average molecular weight is 227 g/mol. The van der Waals surface area contributed by atoms with E-state index in [1.54, 1.807) is 20.0 Å². The molecule has 0 saturated heterocycles. The molecular formula is C9H27NOP2. The van der Waals surface area contributed by atoms with Crippen molar-refractivity contribution < 1.29 is 4.57 Å².